The first-order valence-electron chi connectivity index (χ1n) is 7.19. The monoisotopic (exact) mass is 266 g/mol. The van der Waals surface area contributed by atoms with Gasteiger partial charge in [-0.2, -0.15) is 5.10 Å². The zero-order valence-corrected chi connectivity index (χ0v) is 12.3. The highest BCUT2D eigenvalue weighted by Gasteiger charge is 2.41. The van der Waals surface area contributed by atoms with E-state index in [2.05, 4.69) is 44.4 Å². The Labute approximate surface area is 115 Å². The summed E-state index contributed by atoms with van der Waals surface area (Å²) < 4.78 is 7.86. The first kappa shape index (κ1) is 14.5. The minimum atomic E-state index is 0.226. The number of nitrogens with two attached hydrogens (primary N) is 1. The van der Waals surface area contributed by atoms with Crippen LogP contribution in [0.3, 0.4) is 0 Å². The van der Waals surface area contributed by atoms with Gasteiger partial charge in [0.2, 0.25) is 0 Å². The van der Waals surface area contributed by atoms with Gasteiger partial charge in [0.25, 0.3) is 0 Å². The number of aryl methyl sites for hydroxylation is 1. The van der Waals surface area contributed by atoms with Gasteiger partial charge in [-0.3, -0.25) is 16.0 Å². The Balaban J connectivity index is 2.07. The van der Waals surface area contributed by atoms with Gasteiger partial charge < -0.3 is 4.74 Å². The molecule has 0 amide bonds. The lowest BCUT2D eigenvalue weighted by molar-refractivity contribution is 0.0476. The van der Waals surface area contributed by atoms with Gasteiger partial charge in [0.15, 0.2) is 0 Å². The zero-order valence-electron chi connectivity index (χ0n) is 12.3. The second-order valence-electron chi connectivity index (χ2n) is 5.66. The molecule has 0 aromatic carbocycles. The summed E-state index contributed by atoms with van der Waals surface area (Å²) in [6.07, 6.45) is 5.47. The molecule has 0 aliphatic carbocycles. The third-order valence-corrected chi connectivity index (χ3v) is 4.46. The SMILES string of the molecule is CCn1cc(CC(NN)C2C(C)OC(C)C2C)cn1. The molecule has 0 bridgehead atoms. The minimum Gasteiger partial charge on any atom is -0.375 e. The van der Waals surface area contributed by atoms with Crippen molar-refractivity contribution in [2.75, 3.05) is 0 Å². The van der Waals surface area contributed by atoms with Crippen molar-refractivity contribution >= 4 is 0 Å². The molecular formula is C14H26N4O. The van der Waals surface area contributed by atoms with Crippen LogP contribution in [-0.2, 0) is 17.7 Å². The Bertz CT molecular complexity index is 406. The Kier molecular flexibility index (Phi) is 4.60. The highest BCUT2D eigenvalue weighted by molar-refractivity contribution is 5.08. The smallest absolute Gasteiger partial charge is 0.0597 e. The summed E-state index contributed by atoms with van der Waals surface area (Å²) in [5.41, 5.74) is 4.21. The number of hydrogen-bond acceptors (Lipinski definition) is 4. The number of ether oxygens (including phenoxy) is 1. The number of hydrazine groups is 1. The maximum atomic E-state index is 5.92. The summed E-state index contributed by atoms with van der Waals surface area (Å²) in [5, 5.41) is 4.32. The first-order valence-corrected chi connectivity index (χ1v) is 7.19. The van der Waals surface area contributed by atoms with E-state index < -0.39 is 0 Å². The van der Waals surface area contributed by atoms with Gasteiger partial charge >= 0.3 is 0 Å². The maximum Gasteiger partial charge on any atom is 0.0597 e. The van der Waals surface area contributed by atoms with E-state index in [-0.39, 0.29) is 12.1 Å². The van der Waals surface area contributed by atoms with Crippen molar-refractivity contribution in [3.05, 3.63) is 18.0 Å². The predicted octanol–water partition coefficient (Wildman–Crippen LogP) is 1.34. The lowest BCUT2D eigenvalue weighted by Gasteiger charge is -2.28. The average molecular weight is 266 g/mol. The molecule has 1 aliphatic rings. The minimum absolute atomic E-state index is 0.226. The van der Waals surface area contributed by atoms with Crippen molar-refractivity contribution in [3.63, 3.8) is 0 Å². The van der Waals surface area contributed by atoms with E-state index >= 15 is 0 Å². The molecule has 1 aliphatic heterocycles. The highest BCUT2D eigenvalue weighted by atomic mass is 16.5. The van der Waals surface area contributed by atoms with Crippen LogP contribution in [0.2, 0.25) is 0 Å². The van der Waals surface area contributed by atoms with Gasteiger partial charge in [-0.05, 0) is 38.7 Å². The summed E-state index contributed by atoms with van der Waals surface area (Å²) in [7, 11) is 0. The molecule has 1 aromatic heterocycles. The topological polar surface area (TPSA) is 65.1 Å². The van der Waals surface area contributed by atoms with E-state index in [4.69, 9.17) is 10.6 Å². The van der Waals surface area contributed by atoms with E-state index in [1.807, 2.05) is 10.9 Å². The van der Waals surface area contributed by atoms with E-state index in [9.17, 15) is 0 Å². The van der Waals surface area contributed by atoms with Crippen LogP contribution in [0.25, 0.3) is 0 Å². The molecule has 2 rings (SSSR count). The molecule has 1 aromatic rings. The fourth-order valence-electron chi connectivity index (χ4n) is 3.23. The summed E-state index contributed by atoms with van der Waals surface area (Å²) in [6, 6.07) is 0.226. The molecule has 5 unspecified atom stereocenters. The molecule has 19 heavy (non-hydrogen) atoms. The second kappa shape index (κ2) is 6.03. The van der Waals surface area contributed by atoms with Crippen molar-refractivity contribution < 1.29 is 4.74 Å². The van der Waals surface area contributed by atoms with E-state index in [0.29, 0.717) is 17.9 Å². The van der Waals surface area contributed by atoms with Crippen LogP contribution in [0.1, 0.15) is 33.3 Å². The summed E-state index contributed by atoms with van der Waals surface area (Å²) in [5.74, 6) is 6.72. The Hall–Kier alpha value is -0.910. The lowest BCUT2D eigenvalue weighted by Crippen LogP contribution is -2.46. The van der Waals surface area contributed by atoms with Crippen LogP contribution < -0.4 is 11.3 Å². The quantitative estimate of drug-likeness (QED) is 0.623. The van der Waals surface area contributed by atoms with E-state index in [0.717, 1.165) is 13.0 Å². The number of nitrogens with one attached hydrogen (secondary N) is 1. The largest absolute Gasteiger partial charge is 0.375 e. The molecule has 0 radical (unpaired) electrons. The fraction of sp³-hybridized carbons (Fsp3) is 0.786. The molecular weight excluding hydrogens is 240 g/mol. The zero-order chi connectivity index (χ0) is 14.0. The van der Waals surface area contributed by atoms with Gasteiger partial charge in [0.05, 0.1) is 18.4 Å². The molecule has 1 saturated heterocycles. The number of nitrogens with zero attached hydrogens (tertiary/aromatic N) is 2. The summed E-state index contributed by atoms with van der Waals surface area (Å²) in [4.78, 5) is 0. The summed E-state index contributed by atoms with van der Waals surface area (Å²) >= 11 is 0. The molecule has 5 nitrogen and oxygen atoms in total. The van der Waals surface area contributed by atoms with Gasteiger partial charge in [-0.25, -0.2) is 0 Å². The number of aromatic nitrogens is 2. The van der Waals surface area contributed by atoms with Crippen molar-refractivity contribution in [3.8, 4) is 0 Å². The molecule has 0 spiro atoms. The van der Waals surface area contributed by atoms with Gasteiger partial charge in [0.1, 0.15) is 0 Å². The van der Waals surface area contributed by atoms with Gasteiger partial charge in [0, 0.05) is 24.7 Å². The lowest BCUT2D eigenvalue weighted by atomic mass is 9.81. The molecule has 1 fully saturated rings. The maximum absolute atomic E-state index is 5.92. The van der Waals surface area contributed by atoms with Gasteiger partial charge in [-0.15, -0.1) is 0 Å². The molecule has 5 heteroatoms. The van der Waals surface area contributed by atoms with E-state index in [1.54, 1.807) is 0 Å². The second-order valence-corrected chi connectivity index (χ2v) is 5.66. The molecule has 3 N–H and O–H groups in total. The number of hydrogen-bond donors (Lipinski definition) is 2. The third-order valence-electron chi connectivity index (χ3n) is 4.46. The third kappa shape index (κ3) is 2.99. The standard InChI is InChI=1S/C14H26N4O/c1-5-18-8-12(7-16-18)6-13(17-15)14-9(2)10(3)19-11(14)4/h7-11,13-14,17H,5-6,15H2,1-4H3. The molecule has 0 saturated carbocycles. The number of rotatable bonds is 5. The normalized spacial score (nSPS) is 32.7. The predicted molar refractivity (Wildman–Crippen MR) is 75.4 cm³/mol. The first-order chi connectivity index (χ1) is 9.06. The Morgan fingerprint density at radius 1 is 1.42 bits per heavy atom. The van der Waals surface area contributed by atoms with Crippen LogP contribution in [-0.4, -0.2) is 28.0 Å². The van der Waals surface area contributed by atoms with E-state index in [1.165, 1.54) is 5.56 Å². The molecule has 108 valence electrons. The average Bonchev–Trinajstić information content (AvgIpc) is 2.93. The van der Waals surface area contributed by atoms with Crippen molar-refractivity contribution in [2.45, 2.75) is 58.9 Å². The molecule has 5 atom stereocenters. The van der Waals surface area contributed by atoms with Crippen LogP contribution in [0.15, 0.2) is 12.4 Å². The van der Waals surface area contributed by atoms with Crippen LogP contribution >= 0.6 is 0 Å². The molecule has 2 heterocycles. The van der Waals surface area contributed by atoms with Crippen molar-refractivity contribution in [2.24, 2.45) is 17.7 Å². The Morgan fingerprint density at radius 3 is 2.63 bits per heavy atom. The summed E-state index contributed by atoms with van der Waals surface area (Å²) in [6.45, 7) is 9.52. The van der Waals surface area contributed by atoms with Crippen LogP contribution in [0.4, 0.5) is 0 Å². The van der Waals surface area contributed by atoms with Crippen LogP contribution in [0.5, 0.6) is 0 Å². The van der Waals surface area contributed by atoms with Gasteiger partial charge in [-0.1, -0.05) is 6.92 Å². The fourth-order valence-corrected chi connectivity index (χ4v) is 3.23. The highest BCUT2D eigenvalue weighted by Crippen LogP contribution is 2.35. The van der Waals surface area contributed by atoms with Crippen LogP contribution in [0, 0.1) is 11.8 Å². The Morgan fingerprint density at radius 2 is 2.16 bits per heavy atom. The van der Waals surface area contributed by atoms with Crippen molar-refractivity contribution in [1.29, 1.82) is 0 Å². The van der Waals surface area contributed by atoms with Crippen molar-refractivity contribution in [1.82, 2.24) is 15.2 Å².